The van der Waals surface area contributed by atoms with Gasteiger partial charge in [0.05, 0.1) is 12.6 Å². The lowest BCUT2D eigenvalue weighted by Crippen LogP contribution is -2.08. The maximum absolute atomic E-state index is 5.73. The van der Waals surface area contributed by atoms with E-state index in [1.54, 1.807) is 6.33 Å². The van der Waals surface area contributed by atoms with Crippen LogP contribution in [0.4, 0.5) is 0 Å². The summed E-state index contributed by atoms with van der Waals surface area (Å²) >= 11 is 0. The van der Waals surface area contributed by atoms with Crippen molar-refractivity contribution in [3.8, 4) is 0 Å². The van der Waals surface area contributed by atoms with Crippen molar-refractivity contribution in [1.82, 2.24) is 14.8 Å². The molecule has 1 heterocycles. The summed E-state index contributed by atoms with van der Waals surface area (Å²) in [6.07, 6.45) is 1.73. The Bertz CT molecular complexity index is 494. The van der Waals surface area contributed by atoms with Gasteiger partial charge in [0.2, 0.25) is 0 Å². The van der Waals surface area contributed by atoms with Crippen molar-refractivity contribution in [2.45, 2.75) is 33.4 Å². The minimum absolute atomic E-state index is 0.115. The lowest BCUT2D eigenvalue weighted by molar-refractivity contribution is 0.649. The molecule has 0 radical (unpaired) electrons. The summed E-state index contributed by atoms with van der Waals surface area (Å²) in [6, 6.07) is 6.38. The Labute approximate surface area is 101 Å². The molecule has 0 bridgehead atoms. The molecule has 90 valence electrons. The van der Waals surface area contributed by atoms with Crippen molar-refractivity contribution >= 4 is 0 Å². The van der Waals surface area contributed by atoms with Gasteiger partial charge in [-0.1, -0.05) is 29.3 Å². The highest BCUT2D eigenvalue weighted by atomic mass is 15.3. The molecule has 2 N–H and O–H groups in total. The molecule has 4 heteroatoms. The minimum atomic E-state index is -0.115. The first kappa shape index (κ1) is 11.8. The monoisotopic (exact) mass is 230 g/mol. The molecule has 0 fully saturated rings. The molecular weight excluding hydrogens is 212 g/mol. The lowest BCUT2D eigenvalue weighted by atomic mass is 10.1. The molecule has 17 heavy (non-hydrogen) atoms. The predicted octanol–water partition coefficient (Wildman–Crippen LogP) is 1.96. The first-order valence-electron chi connectivity index (χ1n) is 5.76. The molecule has 2 aromatic rings. The molecule has 1 atom stereocenters. The number of hydrogen-bond acceptors (Lipinski definition) is 3. The molecular formula is C13H18N4. The van der Waals surface area contributed by atoms with Crippen molar-refractivity contribution in [2.75, 3.05) is 0 Å². The first-order chi connectivity index (χ1) is 8.04. The van der Waals surface area contributed by atoms with Gasteiger partial charge in [-0.3, -0.25) is 0 Å². The van der Waals surface area contributed by atoms with E-state index in [0.29, 0.717) is 5.82 Å². The summed E-state index contributed by atoms with van der Waals surface area (Å²) in [5.74, 6) is 0.689. The van der Waals surface area contributed by atoms with Crippen molar-refractivity contribution in [3.05, 3.63) is 47.0 Å². The molecule has 0 aliphatic rings. The Hall–Kier alpha value is -1.68. The second kappa shape index (κ2) is 4.67. The summed E-state index contributed by atoms with van der Waals surface area (Å²) in [7, 11) is 0. The SMILES string of the molecule is Cc1cc(C)cc(Cn2cnc(C(C)N)n2)c1. The van der Waals surface area contributed by atoms with Crippen LogP contribution in [0.15, 0.2) is 24.5 Å². The van der Waals surface area contributed by atoms with Crippen LogP contribution in [0.3, 0.4) is 0 Å². The summed E-state index contributed by atoms with van der Waals surface area (Å²) in [5.41, 5.74) is 9.51. The average molecular weight is 230 g/mol. The van der Waals surface area contributed by atoms with E-state index in [9.17, 15) is 0 Å². The average Bonchev–Trinajstić information content (AvgIpc) is 2.64. The molecule has 1 unspecified atom stereocenters. The van der Waals surface area contributed by atoms with Crippen molar-refractivity contribution in [1.29, 1.82) is 0 Å². The van der Waals surface area contributed by atoms with E-state index in [1.165, 1.54) is 16.7 Å². The molecule has 0 saturated heterocycles. The smallest absolute Gasteiger partial charge is 0.166 e. The summed E-state index contributed by atoms with van der Waals surface area (Å²) in [6.45, 7) is 6.83. The lowest BCUT2D eigenvalue weighted by Gasteiger charge is -2.05. The molecule has 0 aliphatic carbocycles. The van der Waals surface area contributed by atoms with Crippen molar-refractivity contribution in [2.24, 2.45) is 5.73 Å². The van der Waals surface area contributed by atoms with E-state index >= 15 is 0 Å². The van der Waals surface area contributed by atoms with E-state index < -0.39 is 0 Å². The fourth-order valence-electron chi connectivity index (χ4n) is 1.94. The van der Waals surface area contributed by atoms with Crippen LogP contribution in [0.2, 0.25) is 0 Å². The van der Waals surface area contributed by atoms with Gasteiger partial charge in [-0.05, 0) is 26.3 Å². The van der Waals surface area contributed by atoms with Crippen LogP contribution >= 0.6 is 0 Å². The van der Waals surface area contributed by atoms with E-state index in [4.69, 9.17) is 5.73 Å². The highest BCUT2D eigenvalue weighted by Crippen LogP contribution is 2.10. The van der Waals surface area contributed by atoms with Crippen LogP contribution in [-0.2, 0) is 6.54 Å². The van der Waals surface area contributed by atoms with Gasteiger partial charge in [-0.15, -0.1) is 0 Å². The zero-order valence-corrected chi connectivity index (χ0v) is 10.5. The normalized spacial score (nSPS) is 12.7. The molecule has 0 amide bonds. The van der Waals surface area contributed by atoms with Crippen molar-refractivity contribution < 1.29 is 0 Å². The molecule has 0 spiro atoms. The Morgan fingerprint density at radius 2 is 1.88 bits per heavy atom. The third kappa shape index (κ3) is 2.91. The van der Waals surface area contributed by atoms with Gasteiger partial charge in [-0.25, -0.2) is 9.67 Å². The second-order valence-electron chi connectivity index (χ2n) is 4.58. The second-order valence-corrected chi connectivity index (χ2v) is 4.58. The third-order valence-electron chi connectivity index (χ3n) is 2.59. The van der Waals surface area contributed by atoms with Crippen LogP contribution in [0.25, 0.3) is 0 Å². The third-order valence-corrected chi connectivity index (χ3v) is 2.59. The number of hydrogen-bond donors (Lipinski definition) is 1. The maximum atomic E-state index is 5.73. The number of rotatable bonds is 3. The van der Waals surface area contributed by atoms with Crippen LogP contribution in [0, 0.1) is 13.8 Å². The van der Waals surface area contributed by atoms with E-state index in [2.05, 4.69) is 42.1 Å². The Morgan fingerprint density at radius 1 is 1.24 bits per heavy atom. The molecule has 1 aromatic carbocycles. The number of aromatic nitrogens is 3. The quantitative estimate of drug-likeness (QED) is 0.877. The molecule has 4 nitrogen and oxygen atoms in total. The Balaban J connectivity index is 2.19. The van der Waals surface area contributed by atoms with Gasteiger partial charge >= 0.3 is 0 Å². The zero-order valence-electron chi connectivity index (χ0n) is 10.5. The molecule has 0 aliphatic heterocycles. The number of nitrogens with zero attached hydrogens (tertiary/aromatic N) is 3. The highest BCUT2D eigenvalue weighted by Gasteiger charge is 2.06. The zero-order chi connectivity index (χ0) is 12.4. The number of nitrogens with two attached hydrogens (primary N) is 1. The van der Waals surface area contributed by atoms with E-state index in [1.807, 2.05) is 11.6 Å². The van der Waals surface area contributed by atoms with Crippen LogP contribution in [0.5, 0.6) is 0 Å². The van der Waals surface area contributed by atoms with Crippen LogP contribution in [-0.4, -0.2) is 14.8 Å². The summed E-state index contributed by atoms with van der Waals surface area (Å²) in [4.78, 5) is 4.18. The summed E-state index contributed by atoms with van der Waals surface area (Å²) < 4.78 is 1.83. The van der Waals surface area contributed by atoms with Gasteiger partial charge in [-0.2, -0.15) is 5.10 Å². The van der Waals surface area contributed by atoms with Crippen LogP contribution in [0.1, 0.15) is 35.5 Å². The van der Waals surface area contributed by atoms with Crippen LogP contribution < -0.4 is 5.73 Å². The Kier molecular flexibility index (Phi) is 3.24. The van der Waals surface area contributed by atoms with Gasteiger partial charge in [0.1, 0.15) is 6.33 Å². The van der Waals surface area contributed by atoms with Gasteiger partial charge < -0.3 is 5.73 Å². The fourth-order valence-corrected chi connectivity index (χ4v) is 1.94. The maximum Gasteiger partial charge on any atom is 0.166 e. The largest absolute Gasteiger partial charge is 0.321 e. The van der Waals surface area contributed by atoms with Gasteiger partial charge in [0.15, 0.2) is 5.82 Å². The van der Waals surface area contributed by atoms with Gasteiger partial charge in [0, 0.05) is 0 Å². The minimum Gasteiger partial charge on any atom is -0.321 e. The fraction of sp³-hybridized carbons (Fsp3) is 0.385. The molecule has 2 rings (SSSR count). The molecule has 0 saturated carbocycles. The Morgan fingerprint density at radius 3 is 2.41 bits per heavy atom. The van der Waals surface area contributed by atoms with E-state index in [-0.39, 0.29) is 6.04 Å². The predicted molar refractivity (Wildman–Crippen MR) is 67.6 cm³/mol. The van der Waals surface area contributed by atoms with Crippen molar-refractivity contribution in [3.63, 3.8) is 0 Å². The topological polar surface area (TPSA) is 56.7 Å². The highest BCUT2D eigenvalue weighted by molar-refractivity contribution is 5.28. The van der Waals surface area contributed by atoms with E-state index in [0.717, 1.165) is 6.54 Å². The first-order valence-corrected chi connectivity index (χ1v) is 5.76. The molecule has 1 aromatic heterocycles. The van der Waals surface area contributed by atoms with Gasteiger partial charge in [0.25, 0.3) is 0 Å². The number of benzene rings is 1. The summed E-state index contributed by atoms with van der Waals surface area (Å²) in [5, 5.41) is 4.34. The standard InChI is InChI=1S/C13H18N4/c1-9-4-10(2)6-12(5-9)7-17-8-15-13(16-17)11(3)14/h4-6,8,11H,7,14H2,1-3H3. The number of aryl methyl sites for hydroxylation is 2.